The Bertz CT molecular complexity index is 2170. The fourth-order valence-electron chi connectivity index (χ4n) is 6.26. The second kappa shape index (κ2) is 12.8. The van der Waals surface area contributed by atoms with Crippen molar-refractivity contribution in [1.82, 2.24) is 10.3 Å². The molecule has 2 aliphatic heterocycles. The molecule has 16 heteroatoms. The van der Waals surface area contributed by atoms with E-state index in [2.05, 4.69) is 15.3 Å². The van der Waals surface area contributed by atoms with Gasteiger partial charge < -0.3 is 5.32 Å². The van der Waals surface area contributed by atoms with Gasteiger partial charge >= 0.3 is 0 Å². The number of aromatic nitrogens is 1. The third-order valence-electron chi connectivity index (χ3n) is 8.83. The second-order valence-corrected chi connectivity index (χ2v) is 15.2. The number of aryl methyl sites for hydroxylation is 1. The Morgan fingerprint density at radius 3 is 2.37 bits per heavy atom. The van der Waals surface area contributed by atoms with Gasteiger partial charge in [-0.05, 0) is 86.0 Å². The third kappa shape index (κ3) is 6.22. The lowest BCUT2D eigenvalue weighted by molar-refractivity contribution is -0.387. The van der Waals surface area contributed by atoms with Crippen LogP contribution in [0.2, 0.25) is 0 Å². The largest absolute Gasteiger partial charge is 0.300 e. The molecule has 1 saturated carbocycles. The van der Waals surface area contributed by atoms with E-state index >= 15 is 0 Å². The molecule has 7 rings (SSSR count). The quantitative estimate of drug-likeness (QED) is 0.0875. The molecule has 13 nitrogen and oxygen atoms in total. The van der Waals surface area contributed by atoms with Crippen LogP contribution in [0.15, 0.2) is 67.7 Å². The van der Waals surface area contributed by atoms with Gasteiger partial charge in [0.15, 0.2) is 9.51 Å². The number of aliphatic imine (C=N–C) groups is 1. The zero-order chi connectivity index (χ0) is 34.6. The number of nitro benzene ring substituents is 2. The van der Waals surface area contributed by atoms with Gasteiger partial charge in [0.1, 0.15) is 0 Å². The van der Waals surface area contributed by atoms with Gasteiger partial charge in [0.2, 0.25) is 11.8 Å². The van der Waals surface area contributed by atoms with Crippen LogP contribution in [0.3, 0.4) is 0 Å². The van der Waals surface area contributed by atoms with Crippen molar-refractivity contribution in [3.63, 3.8) is 0 Å². The minimum atomic E-state index is -0.499. The Kier molecular flexibility index (Phi) is 8.54. The van der Waals surface area contributed by atoms with Gasteiger partial charge in [-0.3, -0.25) is 39.5 Å². The number of thioether (sulfide) groups is 1. The molecule has 3 fully saturated rings. The van der Waals surface area contributed by atoms with E-state index in [0.717, 1.165) is 53.9 Å². The van der Waals surface area contributed by atoms with E-state index < -0.39 is 15.8 Å². The van der Waals surface area contributed by atoms with E-state index in [-0.39, 0.29) is 45.1 Å². The highest BCUT2D eigenvalue weighted by atomic mass is 32.2. The standard InChI is InChI=1S/C33H26N6O7S3/c1-16-11-19(14-24(17(16)2)38(43)44)34-32-36-29(40)28(47-32)13-18-7-10-26(25(12-18)39(45)46)48-33-35-23-9-8-20(15-27(23)49-33)37-30(41)21-5-3-4-6-22(21)31(37)42/h7-15,21-22H,3-6H2,1-2H3,(H,34,36,40)/b28-13-/t21-,22+. The number of amidine groups is 1. The molecule has 3 aromatic carbocycles. The highest BCUT2D eigenvalue weighted by Crippen LogP contribution is 2.43. The van der Waals surface area contributed by atoms with E-state index in [1.807, 2.05) is 0 Å². The zero-order valence-electron chi connectivity index (χ0n) is 26.0. The highest BCUT2D eigenvalue weighted by molar-refractivity contribution is 8.18. The molecular weight excluding hydrogens is 689 g/mol. The van der Waals surface area contributed by atoms with Crippen LogP contribution in [0.1, 0.15) is 42.4 Å². The van der Waals surface area contributed by atoms with Crippen LogP contribution in [0.25, 0.3) is 16.3 Å². The summed E-state index contributed by atoms with van der Waals surface area (Å²) in [6.45, 7) is 3.40. The van der Waals surface area contributed by atoms with E-state index in [1.54, 1.807) is 50.2 Å². The first-order valence-corrected chi connectivity index (χ1v) is 17.7. The maximum Gasteiger partial charge on any atom is 0.283 e. The van der Waals surface area contributed by atoms with Crippen molar-refractivity contribution in [3.05, 3.63) is 90.4 Å². The van der Waals surface area contributed by atoms with Crippen LogP contribution in [-0.2, 0) is 14.4 Å². The SMILES string of the molecule is Cc1cc(N=C2NC(=O)/C(=C/c3ccc(Sc4nc5ccc(N6C(=O)[C@H]7CCCC[C@H]7C6=O)cc5s4)c([N+](=O)[O-])c3)S2)cc([N+](=O)[O-])c1C. The number of rotatable bonds is 7. The van der Waals surface area contributed by atoms with Crippen LogP contribution in [-0.4, -0.2) is 37.7 Å². The smallest absolute Gasteiger partial charge is 0.283 e. The predicted molar refractivity (Wildman–Crippen MR) is 188 cm³/mol. The summed E-state index contributed by atoms with van der Waals surface area (Å²) in [5.41, 5.74) is 2.87. The maximum absolute atomic E-state index is 13.1. The number of thiazole rings is 1. The first kappa shape index (κ1) is 32.6. The zero-order valence-corrected chi connectivity index (χ0v) is 28.4. The van der Waals surface area contributed by atoms with Crippen molar-refractivity contribution < 1.29 is 24.2 Å². The first-order chi connectivity index (χ1) is 23.5. The summed E-state index contributed by atoms with van der Waals surface area (Å²) in [4.78, 5) is 72.4. The molecule has 3 heterocycles. The molecule has 3 aliphatic rings. The Balaban J connectivity index is 1.11. The van der Waals surface area contributed by atoms with Gasteiger partial charge in [0.05, 0.1) is 53.1 Å². The summed E-state index contributed by atoms with van der Waals surface area (Å²) < 4.78 is 1.30. The van der Waals surface area contributed by atoms with Gasteiger partial charge in [-0.15, -0.1) is 11.3 Å². The van der Waals surface area contributed by atoms with Crippen LogP contribution < -0.4 is 10.2 Å². The van der Waals surface area contributed by atoms with Crippen LogP contribution in [0.5, 0.6) is 0 Å². The molecule has 0 radical (unpaired) electrons. The van der Waals surface area contributed by atoms with E-state index in [0.29, 0.717) is 42.8 Å². The van der Waals surface area contributed by atoms with Crippen molar-refractivity contribution in [1.29, 1.82) is 0 Å². The summed E-state index contributed by atoms with van der Waals surface area (Å²) in [6, 6.07) is 12.9. The highest BCUT2D eigenvalue weighted by Gasteiger charge is 2.48. The number of fused-ring (bicyclic) bond motifs is 2. The molecular formula is C33H26N6O7S3. The lowest BCUT2D eigenvalue weighted by atomic mass is 9.81. The Morgan fingerprint density at radius 2 is 1.67 bits per heavy atom. The number of amides is 3. The van der Waals surface area contributed by atoms with Gasteiger partial charge in [-0.2, -0.15) is 0 Å². The summed E-state index contributed by atoms with van der Waals surface area (Å²) in [7, 11) is 0. The number of benzene rings is 3. The second-order valence-electron chi connectivity index (χ2n) is 11.9. The molecule has 4 aromatic rings. The lowest BCUT2D eigenvalue weighted by Gasteiger charge is -2.19. The van der Waals surface area contributed by atoms with Crippen molar-refractivity contribution in [3.8, 4) is 0 Å². The summed E-state index contributed by atoms with van der Waals surface area (Å²) in [5, 5.41) is 26.4. The van der Waals surface area contributed by atoms with E-state index in [1.165, 1.54) is 34.4 Å². The third-order valence-corrected chi connectivity index (χ3v) is 11.9. The molecule has 0 spiro atoms. The fourth-order valence-corrected chi connectivity index (χ4v) is 9.25. The molecule has 1 aliphatic carbocycles. The average molecular weight is 715 g/mol. The minimum absolute atomic E-state index is 0.0717. The number of nitro groups is 2. The number of nitrogens with zero attached hydrogens (tertiary/aromatic N) is 5. The lowest BCUT2D eigenvalue weighted by Crippen LogP contribution is -2.30. The van der Waals surface area contributed by atoms with Crippen molar-refractivity contribution >= 4 is 96.8 Å². The average Bonchev–Trinajstić information content (AvgIpc) is 3.71. The Morgan fingerprint density at radius 1 is 0.959 bits per heavy atom. The minimum Gasteiger partial charge on any atom is -0.300 e. The van der Waals surface area contributed by atoms with Gasteiger partial charge in [-0.1, -0.05) is 30.7 Å². The molecule has 0 bridgehead atoms. The molecule has 0 unspecified atom stereocenters. The maximum atomic E-state index is 13.1. The molecule has 2 saturated heterocycles. The molecule has 1 N–H and O–H groups in total. The number of carbonyl (C=O) groups is 3. The Labute approximate surface area is 291 Å². The monoisotopic (exact) mass is 714 g/mol. The van der Waals surface area contributed by atoms with Crippen molar-refractivity contribution in [2.75, 3.05) is 4.90 Å². The summed E-state index contributed by atoms with van der Waals surface area (Å²) in [6.07, 6.45) is 4.87. The number of nitrogens with one attached hydrogen (secondary N) is 1. The molecule has 1 aromatic heterocycles. The van der Waals surface area contributed by atoms with Gasteiger partial charge in [0.25, 0.3) is 17.3 Å². The predicted octanol–water partition coefficient (Wildman–Crippen LogP) is 7.45. The molecule has 49 heavy (non-hydrogen) atoms. The van der Waals surface area contributed by atoms with Crippen LogP contribution in [0.4, 0.5) is 22.7 Å². The molecule has 248 valence electrons. The number of hydrogen-bond acceptors (Lipinski definition) is 12. The van der Waals surface area contributed by atoms with Gasteiger partial charge in [-0.25, -0.2) is 9.98 Å². The van der Waals surface area contributed by atoms with E-state index in [4.69, 9.17) is 0 Å². The molecule has 2 atom stereocenters. The number of anilines is 1. The summed E-state index contributed by atoms with van der Waals surface area (Å²) in [5.74, 6) is -1.26. The normalized spacial score (nSPS) is 20.8. The first-order valence-electron chi connectivity index (χ1n) is 15.3. The van der Waals surface area contributed by atoms with Crippen molar-refractivity contribution in [2.24, 2.45) is 16.8 Å². The van der Waals surface area contributed by atoms with Crippen LogP contribution in [0, 0.1) is 45.9 Å². The molecule has 3 amide bonds. The Hall–Kier alpha value is -4.93. The number of hydrogen-bond donors (Lipinski definition) is 1. The number of carbonyl (C=O) groups excluding carboxylic acids is 3. The van der Waals surface area contributed by atoms with Crippen molar-refractivity contribution in [2.45, 2.75) is 48.8 Å². The number of imide groups is 1. The van der Waals surface area contributed by atoms with Crippen LogP contribution >= 0.6 is 34.9 Å². The summed E-state index contributed by atoms with van der Waals surface area (Å²) >= 11 is 3.46. The topological polar surface area (TPSA) is 178 Å². The van der Waals surface area contributed by atoms with Gasteiger partial charge in [0, 0.05) is 17.7 Å². The van der Waals surface area contributed by atoms with E-state index in [9.17, 15) is 34.6 Å². The fraction of sp³-hybridized carbons (Fsp3) is 0.242.